The molecule has 0 spiro atoms. The van der Waals surface area contributed by atoms with E-state index in [0.717, 1.165) is 44.9 Å². The van der Waals surface area contributed by atoms with Gasteiger partial charge in [-0.15, -0.1) is 0 Å². The minimum absolute atomic E-state index is 0.00413. The number of hydrogen-bond acceptors (Lipinski definition) is 5. The number of allylic oxidation sites excluding steroid dienone is 4. The summed E-state index contributed by atoms with van der Waals surface area (Å²) >= 11 is 0. The van der Waals surface area contributed by atoms with Gasteiger partial charge >= 0.3 is 5.97 Å². The molecule has 0 aliphatic carbocycles. The van der Waals surface area contributed by atoms with E-state index >= 15 is 0 Å². The molecule has 0 bridgehead atoms. The Bertz CT molecular complexity index is 1140. The summed E-state index contributed by atoms with van der Waals surface area (Å²) in [4.78, 5) is 24.5. The van der Waals surface area contributed by atoms with Crippen molar-refractivity contribution in [3.63, 3.8) is 0 Å². The van der Waals surface area contributed by atoms with Gasteiger partial charge in [0.05, 0.1) is 25.4 Å². The van der Waals surface area contributed by atoms with E-state index in [-0.39, 0.29) is 18.5 Å². The number of rotatable bonds is 62. The summed E-state index contributed by atoms with van der Waals surface area (Å²) in [5.41, 5.74) is 0. The second-order valence-electron chi connectivity index (χ2n) is 22.8. The molecule has 432 valence electrons. The number of hydrogen-bond donors (Lipinski definition) is 3. The number of esters is 1. The van der Waals surface area contributed by atoms with Gasteiger partial charge in [0.2, 0.25) is 5.91 Å². The Morgan fingerprint density at radius 2 is 0.658 bits per heavy atom. The van der Waals surface area contributed by atoms with Gasteiger partial charge < -0.3 is 20.3 Å². The van der Waals surface area contributed by atoms with Crippen LogP contribution in [-0.2, 0) is 14.3 Å². The molecule has 0 aromatic rings. The largest absolute Gasteiger partial charge is 0.466 e. The molecule has 73 heavy (non-hydrogen) atoms. The van der Waals surface area contributed by atoms with Crippen LogP contribution in [0.2, 0.25) is 0 Å². The molecule has 0 saturated heterocycles. The van der Waals surface area contributed by atoms with Crippen molar-refractivity contribution in [3.8, 4) is 0 Å². The molecule has 0 aromatic heterocycles. The molecular formula is C67H129NO5. The van der Waals surface area contributed by atoms with Crippen LogP contribution in [0.3, 0.4) is 0 Å². The number of aliphatic hydroxyl groups excluding tert-OH is 2. The number of aliphatic hydroxyl groups is 2. The van der Waals surface area contributed by atoms with Crippen LogP contribution < -0.4 is 5.32 Å². The third-order valence-electron chi connectivity index (χ3n) is 15.5. The Labute approximate surface area is 456 Å². The van der Waals surface area contributed by atoms with E-state index in [1.54, 1.807) is 0 Å². The summed E-state index contributed by atoms with van der Waals surface area (Å²) in [5.74, 6) is -0.0437. The fourth-order valence-electron chi connectivity index (χ4n) is 10.4. The average Bonchev–Trinajstić information content (AvgIpc) is 3.39. The van der Waals surface area contributed by atoms with Crippen molar-refractivity contribution in [3.05, 3.63) is 24.3 Å². The topological polar surface area (TPSA) is 95.9 Å². The zero-order chi connectivity index (χ0) is 52.9. The molecule has 3 N–H and O–H groups in total. The summed E-state index contributed by atoms with van der Waals surface area (Å²) in [6, 6.07) is -0.549. The summed E-state index contributed by atoms with van der Waals surface area (Å²) < 4.78 is 5.46. The van der Waals surface area contributed by atoms with E-state index in [0.29, 0.717) is 25.9 Å². The molecule has 0 aliphatic rings. The van der Waals surface area contributed by atoms with Crippen molar-refractivity contribution in [1.29, 1.82) is 0 Å². The molecule has 0 fully saturated rings. The molecule has 0 saturated carbocycles. The standard InChI is InChI=1S/C67H129NO5/c1-3-5-7-9-11-13-15-16-17-18-19-20-21-22-23-24-27-30-33-36-40-43-47-51-55-59-65(70)64(63-69)68-66(71)60-56-52-48-44-41-37-34-31-28-25-26-29-32-35-38-42-46-50-54-58-62-73-67(72)61-57-53-49-45-39-14-12-10-8-6-4-2/h10,12,25,28,64-65,69-70H,3-9,11,13-24,26-27,29-63H2,1-2H3,(H,68,71)/b12-10-,28-25-. The van der Waals surface area contributed by atoms with Gasteiger partial charge in [0.15, 0.2) is 0 Å². The van der Waals surface area contributed by atoms with Gasteiger partial charge in [-0.25, -0.2) is 0 Å². The van der Waals surface area contributed by atoms with Crippen LogP contribution >= 0.6 is 0 Å². The maximum Gasteiger partial charge on any atom is 0.305 e. The van der Waals surface area contributed by atoms with E-state index < -0.39 is 12.1 Å². The van der Waals surface area contributed by atoms with Gasteiger partial charge in [-0.3, -0.25) is 9.59 Å². The number of ether oxygens (including phenoxy) is 1. The van der Waals surface area contributed by atoms with E-state index in [4.69, 9.17) is 4.74 Å². The quantitative estimate of drug-likeness (QED) is 0.0320. The second kappa shape index (κ2) is 62.9. The number of unbranched alkanes of at least 4 members (excludes halogenated alkanes) is 47. The molecule has 6 nitrogen and oxygen atoms in total. The molecule has 0 aromatic carbocycles. The van der Waals surface area contributed by atoms with Crippen molar-refractivity contribution in [2.24, 2.45) is 0 Å². The highest BCUT2D eigenvalue weighted by Gasteiger charge is 2.20. The smallest absolute Gasteiger partial charge is 0.305 e. The predicted octanol–water partition coefficient (Wildman–Crippen LogP) is 21.0. The molecule has 2 unspecified atom stereocenters. The molecule has 0 rings (SSSR count). The first-order valence-electron chi connectivity index (χ1n) is 33.1. The van der Waals surface area contributed by atoms with Gasteiger partial charge in [-0.1, -0.05) is 308 Å². The third kappa shape index (κ3) is 59.4. The van der Waals surface area contributed by atoms with Crippen LogP contribution in [0.4, 0.5) is 0 Å². The van der Waals surface area contributed by atoms with Crippen LogP contribution in [0.25, 0.3) is 0 Å². The fourth-order valence-corrected chi connectivity index (χ4v) is 10.4. The number of carbonyl (C=O) groups is 2. The SMILES string of the molecule is CCCC/C=C\CCCCCCCC(=O)OCCCCCCCCCCC/C=C\CCCCCCCCCC(=O)NC(CO)C(O)CCCCCCCCCCCCCCCCCCCCCCCCCCC. The highest BCUT2D eigenvalue weighted by molar-refractivity contribution is 5.76. The van der Waals surface area contributed by atoms with Crippen molar-refractivity contribution >= 4 is 11.9 Å². The molecule has 0 radical (unpaired) electrons. The van der Waals surface area contributed by atoms with Crippen molar-refractivity contribution in [1.82, 2.24) is 5.32 Å². The first-order chi connectivity index (χ1) is 36.0. The van der Waals surface area contributed by atoms with Crippen LogP contribution in [0.15, 0.2) is 24.3 Å². The monoisotopic (exact) mass is 1030 g/mol. The van der Waals surface area contributed by atoms with Gasteiger partial charge in [0.1, 0.15) is 0 Å². The summed E-state index contributed by atoms with van der Waals surface area (Å²) in [7, 11) is 0. The van der Waals surface area contributed by atoms with Gasteiger partial charge in [-0.2, -0.15) is 0 Å². The minimum Gasteiger partial charge on any atom is -0.466 e. The van der Waals surface area contributed by atoms with Crippen molar-refractivity contribution < 1.29 is 24.5 Å². The van der Waals surface area contributed by atoms with E-state index in [9.17, 15) is 19.8 Å². The zero-order valence-corrected chi connectivity index (χ0v) is 49.4. The highest BCUT2D eigenvalue weighted by Crippen LogP contribution is 2.18. The molecule has 2 atom stereocenters. The lowest BCUT2D eigenvalue weighted by Gasteiger charge is -2.22. The second-order valence-corrected chi connectivity index (χ2v) is 22.8. The molecule has 0 heterocycles. The Morgan fingerprint density at radius 3 is 1.01 bits per heavy atom. The average molecular weight is 1030 g/mol. The van der Waals surface area contributed by atoms with Crippen LogP contribution in [0.5, 0.6) is 0 Å². The normalized spacial score (nSPS) is 12.7. The number of amides is 1. The first kappa shape index (κ1) is 71.3. The van der Waals surface area contributed by atoms with E-state index in [1.165, 1.54) is 289 Å². The van der Waals surface area contributed by atoms with Gasteiger partial charge in [0, 0.05) is 12.8 Å². The number of nitrogens with one attached hydrogen (secondary N) is 1. The summed E-state index contributed by atoms with van der Waals surface area (Å²) in [6.07, 6.45) is 77.8. The Morgan fingerprint density at radius 1 is 0.370 bits per heavy atom. The molecular weight excluding hydrogens is 899 g/mol. The van der Waals surface area contributed by atoms with Crippen LogP contribution in [0, 0.1) is 0 Å². The van der Waals surface area contributed by atoms with E-state index in [2.05, 4.69) is 43.5 Å². The Kier molecular flexibility index (Phi) is 61.4. The predicted molar refractivity (Wildman–Crippen MR) is 320 cm³/mol. The highest BCUT2D eigenvalue weighted by atomic mass is 16.5. The number of carbonyl (C=O) groups excluding carboxylic acids is 2. The Hall–Kier alpha value is -1.66. The molecule has 0 aliphatic heterocycles. The summed E-state index contributed by atoms with van der Waals surface area (Å²) in [6.45, 7) is 4.93. The fraction of sp³-hybridized carbons (Fsp3) is 0.910. The van der Waals surface area contributed by atoms with Gasteiger partial charge in [0.25, 0.3) is 0 Å². The minimum atomic E-state index is -0.671. The van der Waals surface area contributed by atoms with E-state index in [1.807, 2.05) is 0 Å². The van der Waals surface area contributed by atoms with Crippen molar-refractivity contribution in [2.45, 2.75) is 379 Å². The summed E-state index contributed by atoms with van der Waals surface area (Å²) in [5, 5.41) is 23.4. The maximum atomic E-state index is 12.5. The lowest BCUT2D eigenvalue weighted by atomic mass is 10.0. The lowest BCUT2D eigenvalue weighted by molar-refractivity contribution is -0.143. The third-order valence-corrected chi connectivity index (χ3v) is 15.5. The maximum absolute atomic E-state index is 12.5. The molecule has 1 amide bonds. The van der Waals surface area contributed by atoms with Gasteiger partial charge in [-0.05, 0) is 70.6 Å². The van der Waals surface area contributed by atoms with Crippen molar-refractivity contribution in [2.75, 3.05) is 13.2 Å². The van der Waals surface area contributed by atoms with Crippen LogP contribution in [-0.4, -0.2) is 47.4 Å². The zero-order valence-electron chi connectivity index (χ0n) is 49.4. The Balaban J connectivity index is 3.43. The lowest BCUT2D eigenvalue weighted by Crippen LogP contribution is -2.45. The molecule has 6 heteroatoms. The van der Waals surface area contributed by atoms with Crippen LogP contribution in [0.1, 0.15) is 367 Å². The first-order valence-corrected chi connectivity index (χ1v) is 33.1.